The number of hydrogen-bond acceptors (Lipinski definition) is 4. The predicted octanol–water partition coefficient (Wildman–Crippen LogP) is 6.58. The van der Waals surface area contributed by atoms with Gasteiger partial charge in [0.05, 0.1) is 13.2 Å². The van der Waals surface area contributed by atoms with Crippen LogP contribution in [0.5, 0.6) is 5.75 Å². The Bertz CT molecular complexity index is 1230. The normalized spacial score (nSPS) is 15.6. The van der Waals surface area contributed by atoms with E-state index in [-0.39, 0.29) is 28.9 Å². The molecule has 0 spiro atoms. The van der Waals surface area contributed by atoms with Crippen LogP contribution in [0.15, 0.2) is 66.7 Å². The van der Waals surface area contributed by atoms with Gasteiger partial charge in [0.25, 0.3) is 0 Å². The van der Waals surface area contributed by atoms with Crippen molar-refractivity contribution < 1.29 is 46.4 Å². The molecule has 0 aliphatic rings. The largest absolute Gasteiger partial charge is 0.478 e. The maximum atomic E-state index is 16.3. The molecule has 0 fully saturated rings. The molecular formula is C28H28F6O4. The highest BCUT2D eigenvalue weighted by Gasteiger charge is 2.82. The summed E-state index contributed by atoms with van der Waals surface area (Å²) in [6.45, 7) is 1.45. The van der Waals surface area contributed by atoms with Crippen LogP contribution in [0, 0.1) is 6.92 Å². The van der Waals surface area contributed by atoms with Crippen LogP contribution >= 0.6 is 0 Å². The number of aliphatic hydroxyl groups excluding tert-OH is 2. The van der Waals surface area contributed by atoms with E-state index >= 15 is 4.39 Å². The van der Waals surface area contributed by atoms with Gasteiger partial charge in [0, 0.05) is 0 Å². The Morgan fingerprint density at radius 1 is 0.789 bits per heavy atom. The van der Waals surface area contributed by atoms with Crippen LogP contribution in [0.1, 0.15) is 42.0 Å². The van der Waals surface area contributed by atoms with Crippen molar-refractivity contribution in [3.05, 3.63) is 89.0 Å². The highest BCUT2D eigenvalue weighted by molar-refractivity contribution is 5.69. The van der Waals surface area contributed by atoms with Crippen molar-refractivity contribution >= 4 is 0 Å². The van der Waals surface area contributed by atoms with Gasteiger partial charge >= 0.3 is 18.0 Å². The Kier molecular flexibility index (Phi) is 8.50. The Morgan fingerprint density at radius 3 is 1.95 bits per heavy atom. The molecule has 0 saturated heterocycles. The predicted molar refractivity (Wildman–Crippen MR) is 129 cm³/mol. The second-order valence-electron chi connectivity index (χ2n) is 8.97. The number of hydrogen-bond donors (Lipinski definition) is 3. The first kappa shape index (κ1) is 29.5. The number of benzene rings is 3. The van der Waals surface area contributed by atoms with E-state index in [1.54, 1.807) is 36.4 Å². The van der Waals surface area contributed by atoms with Gasteiger partial charge in [0.15, 0.2) is 5.60 Å². The minimum Gasteiger partial charge on any atom is -0.478 e. The lowest BCUT2D eigenvalue weighted by Gasteiger charge is -2.47. The third kappa shape index (κ3) is 5.00. The molecule has 0 heterocycles. The first-order chi connectivity index (χ1) is 17.8. The van der Waals surface area contributed by atoms with Crippen molar-refractivity contribution in [3.8, 4) is 16.9 Å². The second kappa shape index (κ2) is 11.0. The third-order valence-electron chi connectivity index (χ3n) is 6.63. The van der Waals surface area contributed by atoms with Gasteiger partial charge in [-0.3, -0.25) is 0 Å². The minimum absolute atomic E-state index is 0.0936. The van der Waals surface area contributed by atoms with E-state index in [0.717, 1.165) is 18.2 Å². The number of rotatable bonds is 10. The van der Waals surface area contributed by atoms with Crippen LogP contribution in [0.2, 0.25) is 0 Å². The fourth-order valence-corrected chi connectivity index (χ4v) is 4.71. The molecule has 0 aliphatic carbocycles. The van der Waals surface area contributed by atoms with Crippen molar-refractivity contribution in [2.45, 2.75) is 63.5 Å². The maximum absolute atomic E-state index is 16.3. The number of halogens is 6. The molecule has 0 aliphatic heterocycles. The van der Waals surface area contributed by atoms with Crippen molar-refractivity contribution in [2.75, 3.05) is 0 Å². The average Bonchev–Trinajstić information content (AvgIpc) is 2.87. The van der Waals surface area contributed by atoms with E-state index in [4.69, 9.17) is 4.74 Å². The maximum Gasteiger partial charge on any atom is 0.435 e. The Hall–Kier alpha value is -3.08. The van der Waals surface area contributed by atoms with Gasteiger partial charge in [0.2, 0.25) is 0 Å². The van der Waals surface area contributed by atoms with E-state index in [1.165, 1.54) is 26.0 Å². The van der Waals surface area contributed by atoms with Crippen molar-refractivity contribution in [3.63, 3.8) is 0 Å². The third-order valence-corrected chi connectivity index (χ3v) is 6.63. The molecule has 0 bridgehead atoms. The summed E-state index contributed by atoms with van der Waals surface area (Å²) in [6, 6.07) is 15.9. The van der Waals surface area contributed by atoms with Gasteiger partial charge in [-0.1, -0.05) is 67.9 Å². The van der Waals surface area contributed by atoms with Crippen LogP contribution in [-0.4, -0.2) is 33.3 Å². The fraction of sp³-hybridized carbons (Fsp3) is 0.357. The summed E-state index contributed by atoms with van der Waals surface area (Å²) >= 11 is 0. The quantitative estimate of drug-likeness (QED) is 0.253. The first-order valence-corrected chi connectivity index (χ1v) is 11.8. The lowest BCUT2D eigenvalue weighted by molar-refractivity contribution is -0.409. The van der Waals surface area contributed by atoms with Crippen molar-refractivity contribution in [1.82, 2.24) is 0 Å². The summed E-state index contributed by atoms with van der Waals surface area (Å²) in [5.41, 5.74) is -8.43. The molecule has 3 rings (SSSR count). The van der Waals surface area contributed by atoms with Gasteiger partial charge < -0.3 is 20.1 Å². The van der Waals surface area contributed by atoms with E-state index < -0.39 is 48.8 Å². The van der Waals surface area contributed by atoms with E-state index in [0.29, 0.717) is 11.1 Å². The minimum atomic E-state index is -6.31. The zero-order valence-corrected chi connectivity index (χ0v) is 20.7. The SMILES string of the molecule is CCCC(Oc1cccc(-c2ccccc2)c1C)(c1ccc(CO)c(CO)c1)C(F)(C(O)(F)F)C(F)(F)F. The average molecular weight is 543 g/mol. The zero-order valence-electron chi connectivity index (χ0n) is 20.7. The van der Waals surface area contributed by atoms with E-state index in [9.17, 15) is 37.3 Å². The molecular weight excluding hydrogens is 514 g/mol. The highest BCUT2D eigenvalue weighted by Crippen LogP contribution is 2.58. The Labute approximate surface area is 216 Å². The lowest BCUT2D eigenvalue weighted by Crippen LogP contribution is -2.69. The summed E-state index contributed by atoms with van der Waals surface area (Å²) in [6.07, 6.45) is -13.4. The zero-order chi connectivity index (χ0) is 28.4. The van der Waals surface area contributed by atoms with E-state index in [1.807, 2.05) is 0 Å². The van der Waals surface area contributed by atoms with Crippen LogP contribution in [0.4, 0.5) is 26.3 Å². The fourth-order valence-electron chi connectivity index (χ4n) is 4.71. The molecule has 3 N–H and O–H groups in total. The summed E-state index contributed by atoms with van der Waals surface area (Å²) < 4.78 is 94.3. The van der Waals surface area contributed by atoms with Gasteiger partial charge in [-0.15, -0.1) is 0 Å². The van der Waals surface area contributed by atoms with Gasteiger partial charge in [-0.25, -0.2) is 4.39 Å². The monoisotopic (exact) mass is 542 g/mol. The second-order valence-corrected chi connectivity index (χ2v) is 8.97. The Morgan fingerprint density at radius 2 is 1.42 bits per heavy atom. The molecule has 0 radical (unpaired) electrons. The van der Waals surface area contributed by atoms with Gasteiger partial charge in [-0.05, 0) is 58.9 Å². The van der Waals surface area contributed by atoms with Gasteiger partial charge in [0.1, 0.15) is 5.75 Å². The molecule has 3 aromatic carbocycles. The molecule has 38 heavy (non-hydrogen) atoms. The van der Waals surface area contributed by atoms with Crippen molar-refractivity contribution in [1.29, 1.82) is 0 Å². The van der Waals surface area contributed by atoms with Crippen LogP contribution < -0.4 is 4.74 Å². The van der Waals surface area contributed by atoms with Crippen LogP contribution in [0.3, 0.4) is 0 Å². The molecule has 206 valence electrons. The standard InChI is InChI=1S/C28H28F6O4/c1-3-14-25(26(29,27(30,31)32)28(33,34)37,22-13-12-20(16-35)21(15-22)17-36)38-24-11-7-10-23(18(24)2)19-8-5-4-6-9-19/h4-13,15,35-37H,3,14,16-17H2,1-2H3. The van der Waals surface area contributed by atoms with Gasteiger partial charge in [-0.2, -0.15) is 22.0 Å². The summed E-state index contributed by atoms with van der Waals surface area (Å²) in [5, 5.41) is 28.7. The highest BCUT2D eigenvalue weighted by atomic mass is 19.4. The summed E-state index contributed by atoms with van der Waals surface area (Å²) in [7, 11) is 0. The molecule has 3 aromatic rings. The van der Waals surface area contributed by atoms with E-state index in [2.05, 4.69) is 0 Å². The molecule has 0 amide bonds. The molecule has 4 nitrogen and oxygen atoms in total. The van der Waals surface area contributed by atoms with Crippen molar-refractivity contribution in [2.24, 2.45) is 0 Å². The summed E-state index contributed by atoms with van der Waals surface area (Å²) in [5.74, 6) is -0.313. The summed E-state index contributed by atoms with van der Waals surface area (Å²) in [4.78, 5) is 0. The van der Waals surface area contributed by atoms with Crippen LogP contribution in [-0.2, 0) is 18.8 Å². The first-order valence-electron chi connectivity index (χ1n) is 11.8. The molecule has 2 atom stereocenters. The number of alkyl halides is 6. The topological polar surface area (TPSA) is 69.9 Å². The van der Waals surface area contributed by atoms with Crippen LogP contribution in [0.25, 0.3) is 11.1 Å². The molecule has 0 aromatic heterocycles. The number of ether oxygens (including phenoxy) is 1. The molecule has 2 unspecified atom stereocenters. The smallest absolute Gasteiger partial charge is 0.435 e. The molecule has 0 saturated carbocycles. The lowest BCUT2D eigenvalue weighted by atomic mass is 9.73. The Balaban J connectivity index is 2.40. The number of aliphatic hydroxyl groups is 3. The molecule has 10 heteroatoms.